The van der Waals surface area contributed by atoms with E-state index in [1.54, 1.807) is 0 Å². The van der Waals surface area contributed by atoms with Gasteiger partial charge in [0.15, 0.2) is 0 Å². The molecule has 0 heterocycles. The van der Waals surface area contributed by atoms with Crippen LogP contribution < -0.4 is 16.4 Å². The lowest BCUT2D eigenvalue weighted by molar-refractivity contribution is 0.839. The molecule has 0 fully saturated rings. The molecule has 3 aromatic rings. The summed E-state index contributed by atoms with van der Waals surface area (Å²) in [5, 5.41) is 6.94. The normalized spacial score (nSPS) is 11.4. The van der Waals surface area contributed by atoms with Gasteiger partial charge in [-0.05, 0) is 41.7 Å². The van der Waals surface area contributed by atoms with Crippen molar-refractivity contribution >= 4 is 22.9 Å². The molecular weight excluding hydrogens is 392 g/mol. The van der Waals surface area contributed by atoms with Gasteiger partial charge in [0.05, 0.1) is 6.54 Å². The van der Waals surface area contributed by atoms with Crippen molar-refractivity contribution in [3.8, 4) is 0 Å². The Morgan fingerprint density at radius 2 is 1.59 bits per heavy atom. The van der Waals surface area contributed by atoms with Crippen LogP contribution in [0.25, 0.3) is 5.70 Å². The van der Waals surface area contributed by atoms with E-state index < -0.39 is 0 Å². The first kappa shape index (κ1) is 23.1. The molecule has 0 radical (unpaired) electrons. The van der Waals surface area contributed by atoms with Gasteiger partial charge < -0.3 is 16.4 Å². The van der Waals surface area contributed by atoms with E-state index in [1.807, 2.05) is 36.4 Å². The van der Waals surface area contributed by atoms with Crippen molar-refractivity contribution in [2.75, 3.05) is 17.6 Å². The zero-order valence-corrected chi connectivity index (χ0v) is 19.4. The number of amidine groups is 1. The second-order valence-electron chi connectivity index (χ2n) is 8.18. The number of hydrogen-bond acceptors (Lipinski definition) is 3. The number of nitrogens with zero attached hydrogens (tertiary/aromatic N) is 1. The van der Waals surface area contributed by atoms with Crippen LogP contribution in [0.2, 0.25) is 0 Å². The lowest BCUT2D eigenvalue weighted by Gasteiger charge is -2.18. The predicted octanol–water partition coefficient (Wildman–Crippen LogP) is 6.42. The maximum Gasteiger partial charge on any atom is 0.135 e. The molecule has 0 aliphatic carbocycles. The van der Waals surface area contributed by atoms with Crippen molar-refractivity contribution in [3.05, 3.63) is 102 Å². The van der Waals surface area contributed by atoms with E-state index in [0.717, 1.165) is 41.3 Å². The lowest BCUT2D eigenvalue weighted by Crippen LogP contribution is -2.24. The highest BCUT2D eigenvalue weighted by Crippen LogP contribution is 2.23. The van der Waals surface area contributed by atoms with E-state index in [0.29, 0.717) is 18.2 Å². The molecule has 0 aliphatic rings. The lowest BCUT2D eigenvalue weighted by atomic mass is 9.97. The standard InChI is InChI=1S/C28H34N4/c1-5-18-30-27-17-11-9-14-24(27)21(4)32-28(25-15-8-10-16-26(25)29)31-19-22-12-6-7-13-23(22)20(2)3/h6-17,20,30H,4-5,18-19,29H2,1-3H3,(H,31,32). The van der Waals surface area contributed by atoms with Crippen molar-refractivity contribution in [2.45, 2.75) is 39.7 Å². The third kappa shape index (κ3) is 5.79. The van der Waals surface area contributed by atoms with Crippen molar-refractivity contribution in [3.63, 3.8) is 0 Å². The minimum atomic E-state index is 0.436. The SMILES string of the molecule is C=C(NC(=NCc1ccccc1C(C)C)c1ccccc1N)c1ccccc1NCCC. The molecule has 4 nitrogen and oxygen atoms in total. The molecule has 4 N–H and O–H groups in total. The Kier molecular flexibility index (Phi) is 8.09. The highest BCUT2D eigenvalue weighted by Gasteiger charge is 2.13. The molecule has 0 amide bonds. The summed E-state index contributed by atoms with van der Waals surface area (Å²) < 4.78 is 0. The van der Waals surface area contributed by atoms with Crippen molar-refractivity contribution in [1.82, 2.24) is 5.32 Å². The van der Waals surface area contributed by atoms with Crippen LogP contribution in [0.15, 0.2) is 84.4 Å². The van der Waals surface area contributed by atoms with Gasteiger partial charge in [-0.25, -0.2) is 0 Å². The van der Waals surface area contributed by atoms with E-state index in [9.17, 15) is 0 Å². The number of nitrogen functional groups attached to an aromatic ring is 1. The van der Waals surface area contributed by atoms with Gasteiger partial charge in [-0.1, -0.05) is 81.9 Å². The minimum absolute atomic E-state index is 0.436. The summed E-state index contributed by atoms with van der Waals surface area (Å²) in [6.45, 7) is 12.4. The molecule has 0 unspecified atom stereocenters. The van der Waals surface area contributed by atoms with Gasteiger partial charge in [-0.15, -0.1) is 0 Å². The molecule has 32 heavy (non-hydrogen) atoms. The van der Waals surface area contributed by atoms with Gasteiger partial charge in [0.25, 0.3) is 0 Å². The monoisotopic (exact) mass is 426 g/mol. The van der Waals surface area contributed by atoms with Crippen LogP contribution in [-0.4, -0.2) is 12.4 Å². The number of benzene rings is 3. The number of anilines is 2. The minimum Gasteiger partial charge on any atom is -0.398 e. The second kappa shape index (κ2) is 11.2. The highest BCUT2D eigenvalue weighted by molar-refractivity contribution is 6.07. The van der Waals surface area contributed by atoms with Crippen LogP contribution in [0.3, 0.4) is 0 Å². The molecule has 0 atom stereocenters. The predicted molar refractivity (Wildman–Crippen MR) is 139 cm³/mol. The van der Waals surface area contributed by atoms with E-state index in [4.69, 9.17) is 10.7 Å². The van der Waals surface area contributed by atoms with Crippen molar-refractivity contribution in [2.24, 2.45) is 4.99 Å². The number of para-hydroxylation sites is 2. The van der Waals surface area contributed by atoms with Gasteiger partial charge in [0, 0.05) is 34.7 Å². The molecule has 3 rings (SSSR count). The molecule has 3 aromatic carbocycles. The summed E-state index contributed by atoms with van der Waals surface area (Å²) in [6, 6.07) is 24.4. The molecular formula is C28H34N4. The average molecular weight is 427 g/mol. The van der Waals surface area contributed by atoms with E-state index in [-0.39, 0.29) is 0 Å². The Bertz CT molecular complexity index is 1080. The Morgan fingerprint density at radius 3 is 2.31 bits per heavy atom. The molecule has 166 valence electrons. The van der Waals surface area contributed by atoms with Gasteiger partial charge >= 0.3 is 0 Å². The summed E-state index contributed by atoms with van der Waals surface area (Å²) in [5.41, 5.74) is 13.2. The zero-order valence-electron chi connectivity index (χ0n) is 19.4. The maximum atomic E-state index is 6.32. The average Bonchev–Trinajstić information content (AvgIpc) is 2.81. The first-order valence-corrected chi connectivity index (χ1v) is 11.3. The van der Waals surface area contributed by atoms with E-state index >= 15 is 0 Å². The van der Waals surface area contributed by atoms with Crippen LogP contribution in [0.4, 0.5) is 11.4 Å². The summed E-state index contributed by atoms with van der Waals surface area (Å²) >= 11 is 0. The molecule has 0 aromatic heterocycles. The van der Waals surface area contributed by atoms with Gasteiger partial charge in [-0.2, -0.15) is 0 Å². The number of nitrogens with one attached hydrogen (secondary N) is 2. The topological polar surface area (TPSA) is 62.4 Å². The summed E-state index contributed by atoms with van der Waals surface area (Å²) in [6.07, 6.45) is 1.05. The molecule has 0 aliphatic heterocycles. The Labute approximate surface area is 192 Å². The number of aliphatic imine (C=N–C) groups is 1. The molecule has 4 heteroatoms. The largest absolute Gasteiger partial charge is 0.398 e. The number of rotatable bonds is 9. The fourth-order valence-electron chi connectivity index (χ4n) is 3.68. The fourth-order valence-corrected chi connectivity index (χ4v) is 3.68. The van der Waals surface area contributed by atoms with Crippen molar-refractivity contribution < 1.29 is 0 Å². The smallest absolute Gasteiger partial charge is 0.135 e. The molecule has 0 bridgehead atoms. The zero-order chi connectivity index (χ0) is 22.9. The Hall–Kier alpha value is -3.53. The van der Waals surface area contributed by atoms with Crippen LogP contribution >= 0.6 is 0 Å². The van der Waals surface area contributed by atoms with Crippen LogP contribution in [0.5, 0.6) is 0 Å². The molecule has 0 saturated heterocycles. The number of nitrogens with two attached hydrogens (primary N) is 1. The third-order valence-corrected chi connectivity index (χ3v) is 5.39. The Morgan fingerprint density at radius 1 is 0.938 bits per heavy atom. The quantitative estimate of drug-likeness (QED) is 0.210. The van der Waals surface area contributed by atoms with Crippen LogP contribution in [0, 0.1) is 0 Å². The van der Waals surface area contributed by atoms with Gasteiger partial charge in [0.1, 0.15) is 5.84 Å². The first-order chi connectivity index (χ1) is 15.5. The maximum absolute atomic E-state index is 6.32. The Balaban J connectivity index is 1.94. The van der Waals surface area contributed by atoms with Crippen molar-refractivity contribution in [1.29, 1.82) is 0 Å². The second-order valence-corrected chi connectivity index (χ2v) is 8.18. The third-order valence-electron chi connectivity index (χ3n) is 5.39. The van der Waals surface area contributed by atoms with Gasteiger partial charge in [0.2, 0.25) is 0 Å². The number of hydrogen-bond donors (Lipinski definition) is 3. The summed E-state index contributed by atoms with van der Waals surface area (Å²) in [7, 11) is 0. The van der Waals surface area contributed by atoms with E-state index in [1.165, 1.54) is 11.1 Å². The molecule has 0 saturated carbocycles. The fraction of sp³-hybridized carbons (Fsp3) is 0.250. The highest BCUT2D eigenvalue weighted by atomic mass is 15.0. The van der Waals surface area contributed by atoms with Gasteiger partial charge in [-0.3, -0.25) is 4.99 Å². The first-order valence-electron chi connectivity index (χ1n) is 11.3. The van der Waals surface area contributed by atoms with E-state index in [2.05, 4.69) is 74.4 Å². The summed E-state index contributed by atoms with van der Waals surface area (Å²) in [5.74, 6) is 1.16. The molecule has 0 spiro atoms. The van der Waals surface area contributed by atoms with Crippen LogP contribution in [-0.2, 0) is 6.54 Å². The van der Waals surface area contributed by atoms with Crippen LogP contribution in [0.1, 0.15) is 55.4 Å². The summed E-state index contributed by atoms with van der Waals surface area (Å²) in [4.78, 5) is 4.97.